The van der Waals surface area contributed by atoms with E-state index in [9.17, 15) is 8.42 Å². The summed E-state index contributed by atoms with van der Waals surface area (Å²) in [4.78, 5) is 1.00. The van der Waals surface area contributed by atoms with Crippen LogP contribution in [0.1, 0.15) is 17.7 Å². The second kappa shape index (κ2) is 10.3. The maximum Gasteiger partial charge on any atom is 0.250 e. The van der Waals surface area contributed by atoms with Crippen molar-refractivity contribution < 1.29 is 17.9 Å². The molecule has 8 heteroatoms. The highest BCUT2D eigenvalue weighted by Gasteiger charge is 2.15. The molecule has 0 spiro atoms. The van der Waals surface area contributed by atoms with Crippen molar-refractivity contribution >= 4 is 21.4 Å². The molecule has 0 saturated carbocycles. The van der Waals surface area contributed by atoms with Gasteiger partial charge in [0.15, 0.2) is 0 Å². The third-order valence-electron chi connectivity index (χ3n) is 2.69. The number of sulfonamides is 1. The summed E-state index contributed by atoms with van der Waals surface area (Å²) in [5, 5.41) is 3.00. The standard InChI is InChI=1S/C13H24N2O4S2/c1-14-11-12-5-6-13(20-12)21(16,17)15-7-3-4-8-19-10-9-18-2/h5-6,14-15H,3-4,7-11H2,1-2H3. The summed E-state index contributed by atoms with van der Waals surface area (Å²) in [5.74, 6) is 0. The maximum atomic E-state index is 12.1. The van der Waals surface area contributed by atoms with E-state index in [1.54, 1.807) is 13.2 Å². The molecule has 2 N–H and O–H groups in total. The van der Waals surface area contributed by atoms with Gasteiger partial charge in [0, 0.05) is 31.7 Å². The van der Waals surface area contributed by atoms with Crippen LogP contribution in [0.25, 0.3) is 0 Å². The van der Waals surface area contributed by atoms with Gasteiger partial charge in [0.1, 0.15) is 4.21 Å². The third kappa shape index (κ3) is 7.35. The molecule has 0 atom stereocenters. The van der Waals surface area contributed by atoms with Crippen molar-refractivity contribution in [2.24, 2.45) is 0 Å². The van der Waals surface area contributed by atoms with Crippen molar-refractivity contribution in [3.05, 3.63) is 17.0 Å². The molecular weight excluding hydrogens is 312 g/mol. The fraction of sp³-hybridized carbons (Fsp3) is 0.692. The number of methoxy groups -OCH3 is 1. The minimum absolute atomic E-state index is 0.365. The van der Waals surface area contributed by atoms with E-state index in [2.05, 4.69) is 10.0 Å². The highest BCUT2D eigenvalue weighted by atomic mass is 32.2. The van der Waals surface area contributed by atoms with Crippen molar-refractivity contribution in [1.29, 1.82) is 0 Å². The Labute approximate surface area is 130 Å². The molecule has 0 aliphatic rings. The number of hydrogen-bond donors (Lipinski definition) is 2. The number of ether oxygens (including phenoxy) is 2. The van der Waals surface area contributed by atoms with E-state index in [1.165, 1.54) is 11.3 Å². The van der Waals surface area contributed by atoms with Gasteiger partial charge < -0.3 is 14.8 Å². The first-order chi connectivity index (χ1) is 10.1. The molecule has 0 unspecified atom stereocenters. The normalized spacial score (nSPS) is 11.9. The van der Waals surface area contributed by atoms with Gasteiger partial charge in [-0.15, -0.1) is 11.3 Å². The number of thiophene rings is 1. The van der Waals surface area contributed by atoms with E-state index >= 15 is 0 Å². The summed E-state index contributed by atoms with van der Waals surface area (Å²) in [6.45, 7) is 2.89. The Morgan fingerprint density at radius 1 is 1.19 bits per heavy atom. The molecular formula is C13H24N2O4S2. The van der Waals surface area contributed by atoms with Gasteiger partial charge in [0.05, 0.1) is 13.2 Å². The lowest BCUT2D eigenvalue weighted by Gasteiger charge is -2.05. The average Bonchev–Trinajstić information content (AvgIpc) is 2.92. The van der Waals surface area contributed by atoms with Gasteiger partial charge >= 0.3 is 0 Å². The first-order valence-electron chi connectivity index (χ1n) is 6.90. The molecule has 0 aromatic carbocycles. The molecule has 1 aromatic rings. The Bertz CT molecular complexity index is 488. The van der Waals surface area contributed by atoms with Crippen LogP contribution in [0.5, 0.6) is 0 Å². The van der Waals surface area contributed by atoms with Gasteiger partial charge in [-0.1, -0.05) is 0 Å². The van der Waals surface area contributed by atoms with Crippen molar-refractivity contribution in [1.82, 2.24) is 10.0 Å². The van der Waals surface area contributed by atoms with Gasteiger partial charge in [-0.05, 0) is 32.0 Å². The topological polar surface area (TPSA) is 76.7 Å². The largest absolute Gasteiger partial charge is 0.382 e. The fourth-order valence-electron chi connectivity index (χ4n) is 1.62. The predicted molar refractivity (Wildman–Crippen MR) is 84.2 cm³/mol. The molecule has 0 saturated heterocycles. The fourth-order valence-corrected chi connectivity index (χ4v) is 4.11. The van der Waals surface area contributed by atoms with Gasteiger partial charge in [-0.25, -0.2) is 13.1 Å². The van der Waals surface area contributed by atoms with Crippen LogP contribution in [0.2, 0.25) is 0 Å². The summed E-state index contributed by atoms with van der Waals surface area (Å²) in [6.07, 6.45) is 1.57. The van der Waals surface area contributed by atoms with Gasteiger partial charge in [0.25, 0.3) is 0 Å². The zero-order chi connectivity index (χ0) is 15.6. The van der Waals surface area contributed by atoms with Crippen LogP contribution < -0.4 is 10.0 Å². The molecule has 0 fully saturated rings. The Morgan fingerprint density at radius 3 is 2.71 bits per heavy atom. The van der Waals surface area contributed by atoms with Crippen LogP contribution in [-0.2, 0) is 26.0 Å². The quantitative estimate of drug-likeness (QED) is 0.561. The molecule has 21 heavy (non-hydrogen) atoms. The monoisotopic (exact) mass is 336 g/mol. The van der Waals surface area contributed by atoms with E-state index < -0.39 is 10.0 Å². The summed E-state index contributed by atoms with van der Waals surface area (Å²) < 4.78 is 37.3. The predicted octanol–water partition coefficient (Wildman–Crippen LogP) is 1.19. The van der Waals surface area contributed by atoms with Crippen molar-refractivity contribution in [2.75, 3.05) is 40.5 Å². The zero-order valence-electron chi connectivity index (χ0n) is 12.6. The lowest BCUT2D eigenvalue weighted by Crippen LogP contribution is -2.24. The molecule has 6 nitrogen and oxygen atoms in total. The lowest BCUT2D eigenvalue weighted by atomic mass is 10.3. The van der Waals surface area contributed by atoms with Crippen LogP contribution in [0.3, 0.4) is 0 Å². The number of nitrogens with one attached hydrogen (secondary N) is 2. The van der Waals surface area contributed by atoms with Gasteiger partial charge in [-0.3, -0.25) is 0 Å². The molecule has 0 aliphatic heterocycles. The second-order valence-electron chi connectivity index (χ2n) is 4.46. The van der Waals surface area contributed by atoms with Crippen LogP contribution in [0.15, 0.2) is 16.3 Å². The molecule has 122 valence electrons. The average molecular weight is 336 g/mol. The number of unbranched alkanes of at least 4 members (excludes halogenated alkanes) is 1. The minimum atomic E-state index is -3.38. The summed E-state index contributed by atoms with van der Waals surface area (Å²) in [5.41, 5.74) is 0. The zero-order valence-corrected chi connectivity index (χ0v) is 14.2. The highest BCUT2D eigenvalue weighted by Crippen LogP contribution is 2.21. The lowest BCUT2D eigenvalue weighted by molar-refractivity contribution is 0.0689. The molecule has 0 aliphatic carbocycles. The first kappa shape index (κ1) is 18.5. The molecule has 1 heterocycles. The maximum absolute atomic E-state index is 12.1. The number of hydrogen-bond acceptors (Lipinski definition) is 6. The molecule has 0 radical (unpaired) electrons. The van der Waals surface area contributed by atoms with E-state index in [-0.39, 0.29) is 0 Å². The second-order valence-corrected chi connectivity index (χ2v) is 7.62. The van der Waals surface area contributed by atoms with E-state index in [0.29, 0.717) is 37.1 Å². The van der Waals surface area contributed by atoms with Crippen molar-refractivity contribution in [3.63, 3.8) is 0 Å². The Balaban J connectivity index is 2.23. The van der Waals surface area contributed by atoms with Crippen LogP contribution >= 0.6 is 11.3 Å². The van der Waals surface area contributed by atoms with Crippen molar-refractivity contribution in [2.45, 2.75) is 23.6 Å². The highest BCUT2D eigenvalue weighted by molar-refractivity contribution is 7.91. The SMILES string of the molecule is CNCc1ccc(S(=O)(=O)NCCCCOCCOC)s1. The van der Waals surface area contributed by atoms with Crippen molar-refractivity contribution in [3.8, 4) is 0 Å². The molecule has 0 amide bonds. The van der Waals surface area contributed by atoms with E-state index in [1.807, 2.05) is 13.1 Å². The molecule has 0 bridgehead atoms. The summed E-state index contributed by atoms with van der Waals surface area (Å²) in [7, 11) is 0.0846. The smallest absolute Gasteiger partial charge is 0.250 e. The molecule has 1 rings (SSSR count). The summed E-state index contributed by atoms with van der Waals surface area (Å²) in [6, 6.07) is 3.48. The number of rotatable bonds is 12. The van der Waals surface area contributed by atoms with Crippen LogP contribution in [-0.4, -0.2) is 48.9 Å². The van der Waals surface area contributed by atoms with Crippen LogP contribution in [0, 0.1) is 0 Å². The van der Waals surface area contributed by atoms with E-state index in [0.717, 1.165) is 17.7 Å². The third-order valence-corrected chi connectivity index (χ3v) is 5.73. The van der Waals surface area contributed by atoms with E-state index in [4.69, 9.17) is 9.47 Å². The Hall–Kier alpha value is -0.510. The van der Waals surface area contributed by atoms with Gasteiger partial charge in [-0.2, -0.15) is 0 Å². The summed E-state index contributed by atoms with van der Waals surface area (Å²) >= 11 is 1.29. The molecule has 1 aromatic heterocycles. The minimum Gasteiger partial charge on any atom is -0.382 e. The Kier molecular flexibility index (Phi) is 9.05. The van der Waals surface area contributed by atoms with Gasteiger partial charge in [0.2, 0.25) is 10.0 Å². The first-order valence-corrected chi connectivity index (χ1v) is 9.20. The van der Waals surface area contributed by atoms with Crippen LogP contribution in [0.4, 0.5) is 0 Å². The Morgan fingerprint density at radius 2 is 2.00 bits per heavy atom.